The molecular formula is C22H35N3O3. The molecule has 2 amide bonds. The number of aromatic nitrogens is 1. The van der Waals surface area contributed by atoms with Crippen molar-refractivity contribution in [1.29, 1.82) is 0 Å². The van der Waals surface area contributed by atoms with Crippen molar-refractivity contribution in [3.63, 3.8) is 0 Å². The molecule has 1 unspecified atom stereocenters. The van der Waals surface area contributed by atoms with Gasteiger partial charge in [-0.05, 0) is 37.7 Å². The summed E-state index contributed by atoms with van der Waals surface area (Å²) >= 11 is 0. The van der Waals surface area contributed by atoms with Crippen molar-refractivity contribution >= 4 is 11.7 Å². The van der Waals surface area contributed by atoms with Crippen molar-refractivity contribution < 1.29 is 14.3 Å². The molecule has 6 nitrogen and oxygen atoms in total. The minimum atomic E-state index is -0.295. The number of hydrogen-bond donors (Lipinski definition) is 2. The number of nitrogens with one attached hydrogen (secondary N) is 2. The van der Waals surface area contributed by atoms with Gasteiger partial charge in [0.15, 0.2) is 5.75 Å². The lowest BCUT2D eigenvalue weighted by atomic mass is 10.0. The van der Waals surface area contributed by atoms with Gasteiger partial charge in [0.1, 0.15) is 0 Å². The van der Waals surface area contributed by atoms with Crippen molar-refractivity contribution in [3.8, 4) is 11.6 Å². The number of anilines is 1. The van der Waals surface area contributed by atoms with Gasteiger partial charge in [-0.3, -0.25) is 0 Å². The summed E-state index contributed by atoms with van der Waals surface area (Å²) in [5.74, 6) is 1.56. The molecule has 1 rings (SSSR count). The van der Waals surface area contributed by atoms with E-state index in [0.29, 0.717) is 29.8 Å². The minimum Gasteiger partial charge on any atom is -0.488 e. The predicted octanol–water partition coefficient (Wildman–Crippen LogP) is 5.33. The lowest BCUT2D eigenvalue weighted by Gasteiger charge is -2.18. The highest BCUT2D eigenvalue weighted by molar-refractivity contribution is 5.89. The number of nitrogens with zero attached hydrogens (tertiary/aromatic N) is 1. The van der Waals surface area contributed by atoms with Crippen LogP contribution in [-0.2, 0) is 0 Å². The van der Waals surface area contributed by atoms with E-state index in [0.717, 1.165) is 31.3 Å². The van der Waals surface area contributed by atoms with Gasteiger partial charge in [0.2, 0.25) is 0 Å². The van der Waals surface area contributed by atoms with Crippen molar-refractivity contribution in [2.24, 2.45) is 5.92 Å². The first-order valence-corrected chi connectivity index (χ1v) is 9.97. The summed E-state index contributed by atoms with van der Waals surface area (Å²) < 4.78 is 11.1. The number of carbonyl (C=O) groups excluding carboxylic acids is 1. The van der Waals surface area contributed by atoms with Gasteiger partial charge in [0, 0.05) is 12.1 Å². The van der Waals surface area contributed by atoms with Gasteiger partial charge in [-0.15, -0.1) is 0 Å². The van der Waals surface area contributed by atoms with Gasteiger partial charge in [0.05, 0.1) is 25.6 Å². The Kier molecular flexibility index (Phi) is 10.8. The second-order valence-electron chi connectivity index (χ2n) is 7.16. The Morgan fingerprint density at radius 3 is 2.71 bits per heavy atom. The third-order valence-electron chi connectivity index (χ3n) is 4.23. The lowest BCUT2D eigenvalue weighted by molar-refractivity contribution is 0.250. The highest BCUT2D eigenvalue weighted by Crippen LogP contribution is 2.27. The van der Waals surface area contributed by atoms with E-state index in [4.69, 9.17) is 9.47 Å². The van der Waals surface area contributed by atoms with E-state index in [2.05, 4.69) is 43.0 Å². The lowest BCUT2D eigenvalue weighted by Crippen LogP contribution is -2.37. The summed E-state index contributed by atoms with van der Waals surface area (Å²) in [5.41, 5.74) is 1.68. The van der Waals surface area contributed by atoms with Crippen LogP contribution in [-0.4, -0.2) is 30.8 Å². The molecule has 0 saturated carbocycles. The fourth-order valence-electron chi connectivity index (χ4n) is 2.77. The molecule has 0 radical (unpaired) electrons. The standard InChI is InChI=1S/C22H35N3O3/c1-7-10-18(11-8-2)17(5)24-22(26)25-19-14-20(21(27-6)23-15-19)28-13-9-12-16(3)4/h7,10,14-17H,1,8-9,11-13H2,2-6H3,(H2,24,25,26)/b18-10+. The number of allylic oxidation sites excluding steroid dienone is 2. The zero-order chi connectivity index (χ0) is 20.9. The van der Waals surface area contributed by atoms with Gasteiger partial charge in [-0.2, -0.15) is 0 Å². The maximum atomic E-state index is 12.4. The van der Waals surface area contributed by atoms with Crippen LogP contribution in [0.15, 0.2) is 36.6 Å². The quantitative estimate of drug-likeness (QED) is 0.374. The number of pyridine rings is 1. The number of amides is 2. The summed E-state index contributed by atoms with van der Waals surface area (Å²) in [4.78, 5) is 16.6. The average molecular weight is 390 g/mol. The first-order chi connectivity index (χ1) is 13.4. The molecule has 0 aliphatic rings. The minimum absolute atomic E-state index is 0.0871. The van der Waals surface area contributed by atoms with Crippen LogP contribution >= 0.6 is 0 Å². The molecule has 1 aromatic heterocycles. The smallest absolute Gasteiger partial charge is 0.319 e. The second kappa shape index (κ2) is 12.8. The molecule has 6 heteroatoms. The highest BCUT2D eigenvalue weighted by atomic mass is 16.5. The molecule has 28 heavy (non-hydrogen) atoms. The Bertz CT molecular complexity index is 656. The molecule has 0 fully saturated rings. The van der Waals surface area contributed by atoms with Gasteiger partial charge >= 0.3 is 6.03 Å². The summed E-state index contributed by atoms with van der Waals surface area (Å²) in [6.07, 6.45) is 9.21. The molecule has 0 aromatic carbocycles. The van der Waals surface area contributed by atoms with Crippen molar-refractivity contribution in [2.75, 3.05) is 19.0 Å². The third-order valence-corrected chi connectivity index (χ3v) is 4.23. The van der Waals surface area contributed by atoms with Crippen LogP contribution in [0, 0.1) is 5.92 Å². The topological polar surface area (TPSA) is 72.5 Å². The molecule has 0 saturated heterocycles. The highest BCUT2D eigenvalue weighted by Gasteiger charge is 2.13. The first kappa shape index (κ1) is 23.5. The van der Waals surface area contributed by atoms with E-state index in [1.807, 2.05) is 13.0 Å². The van der Waals surface area contributed by atoms with Crippen molar-refractivity contribution in [1.82, 2.24) is 10.3 Å². The zero-order valence-electron chi connectivity index (χ0n) is 17.9. The van der Waals surface area contributed by atoms with E-state index >= 15 is 0 Å². The van der Waals surface area contributed by atoms with Crippen LogP contribution in [0.3, 0.4) is 0 Å². The average Bonchev–Trinajstić information content (AvgIpc) is 2.65. The molecule has 0 bridgehead atoms. The summed E-state index contributed by atoms with van der Waals surface area (Å²) in [5, 5.41) is 5.76. The Morgan fingerprint density at radius 1 is 1.36 bits per heavy atom. The zero-order valence-corrected chi connectivity index (χ0v) is 17.9. The SMILES string of the molecule is C=C/C=C(\CCC)C(C)NC(=O)Nc1cnc(OC)c(OCCCC(C)C)c1. The second-order valence-corrected chi connectivity index (χ2v) is 7.16. The third kappa shape index (κ3) is 8.46. The molecule has 0 aliphatic heterocycles. The number of hydrogen-bond acceptors (Lipinski definition) is 4. The van der Waals surface area contributed by atoms with Gasteiger partial charge in [-0.25, -0.2) is 9.78 Å². The number of ether oxygens (including phenoxy) is 2. The normalized spacial score (nSPS) is 12.4. The molecular weight excluding hydrogens is 354 g/mol. The summed E-state index contributed by atoms with van der Waals surface area (Å²) in [7, 11) is 1.55. The molecule has 2 N–H and O–H groups in total. The monoisotopic (exact) mass is 389 g/mol. The van der Waals surface area contributed by atoms with Gasteiger partial charge in [0.25, 0.3) is 5.88 Å². The van der Waals surface area contributed by atoms with Crippen LogP contribution < -0.4 is 20.1 Å². The maximum Gasteiger partial charge on any atom is 0.319 e. The molecule has 0 spiro atoms. The number of carbonyl (C=O) groups is 1. The largest absolute Gasteiger partial charge is 0.488 e. The number of methoxy groups -OCH3 is 1. The van der Waals surface area contributed by atoms with Gasteiger partial charge in [-0.1, -0.05) is 45.9 Å². The van der Waals surface area contributed by atoms with Crippen molar-refractivity contribution in [2.45, 2.75) is 59.4 Å². The van der Waals surface area contributed by atoms with Crippen LogP contribution in [0.2, 0.25) is 0 Å². The van der Waals surface area contributed by atoms with Gasteiger partial charge < -0.3 is 20.1 Å². The number of urea groups is 1. The summed E-state index contributed by atoms with van der Waals surface area (Å²) in [6.45, 7) is 12.7. The summed E-state index contributed by atoms with van der Waals surface area (Å²) in [6, 6.07) is 1.35. The Morgan fingerprint density at radius 2 is 2.11 bits per heavy atom. The van der Waals surface area contributed by atoms with Crippen molar-refractivity contribution in [3.05, 3.63) is 36.6 Å². The van der Waals surface area contributed by atoms with Crippen LogP contribution in [0.1, 0.15) is 53.4 Å². The van der Waals surface area contributed by atoms with E-state index in [-0.39, 0.29) is 12.1 Å². The molecule has 0 aliphatic carbocycles. The van der Waals surface area contributed by atoms with Crippen LogP contribution in [0.4, 0.5) is 10.5 Å². The molecule has 1 atom stereocenters. The fourth-order valence-corrected chi connectivity index (χ4v) is 2.77. The Labute approximate surface area is 169 Å². The predicted molar refractivity (Wildman–Crippen MR) is 115 cm³/mol. The van der Waals surface area contributed by atoms with E-state index in [1.54, 1.807) is 25.4 Å². The van der Waals surface area contributed by atoms with E-state index in [9.17, 15) is 4.79 Å². The Balaban J connectivity index is 2.71. The molecule has 156 valence electrons. The first-order valence-electron chi connectivity index (χ1n) is 9.97. The molecule has 1 heterocycles. The maximum absolute atomic E-state index is 12.4. The van der Waals surface area contributed by atoms with Crippen LogP contribution in [0.25, 0.3) is 0 Å². The fraction of sp³-hybridized carbons (Fsp3) is 0.545. The Hall–Kier alpha value is -2.50. The number of rotatable bonds is 12. The van der Waals surface area contributed by atoms with E-state index < -0.39 is 0 Å². The van der Waals surface area contributed by atoms with Crippen LogP contribution in [0.5, 0.6) is 11.6 Å². The molecule has 1 aromatic rings. The van der Waals surface area contributed by atoms with E-state index in [1.165, 1.54) is 0 Å².